The van der Waals surface area contributed by atoms with E-state index < -0.39 is 33.9 Å². The van der Waals surface area contributed by atoms with Gasteiger partial charge in [-0.2, -0.15) is 5.26 Å². The van der Waals surface area contributed by atoms with Crippen molar-refractivity contribution in [3.05, 3.63) is 94.1 Å². The molecule has 9 nitrogen and oxygen atoms in total. The fraction of sp³-hybridized carbons (Fsp3) is 0.556. The van der Waals surface area contributed by atoms with Gasteiger partial charge in [-0.05, 0) is 109 Å². The second-order valence-electron chi connectivity index (χ2n) is 15.9. The molecule has 2 bridgehead atoms. The van der Waals surface area contributed by atoms with Crippen LogP contribution in [0.25, 0.3) is 5.57 Å². The summed E-state index contributed by atoms with van der Waals surface area (Å²) in [5, 5.41) is 34.5. The number of allylic oxidation sites excluding steroid dienone is 1. The monoisotopic (exact) mass is 738 g/mol. The third kappa shape index (κ3) is 6.44. The molecule has 9 heteroatoms. The summed E-state index contributed by atoms with van der Waals surface area (Å²) >= 11 is 0. The zero-order chi connectivity index (χ0) is 38.9. The first-order valence-electron chi connectivity index (χ1n) is 19.6. The summed E-state index contributed by atoms with van der Waals surface area (Å²) in [6.07, 6.45) is 9.43. The van der Waals surface area contributed by atoms with Gasteiger partial charge in [-0.3, -0.25) is 4.90 Å². The molecular formula is C45H58N2O7. The summed E-state index contributed by atoms with van der Waals surface area (Å²) in [7, 11) is 4.50. The van der Waals surface area contributed by atoms with Gasteiger partial charge in [0.15, 0.2) is 5.60 Å². The van der Waals surface area contributed by atoms with Crippen LogP contribution in [0.1, 0.15) is 94.9 Å². The zero-order valence-corrected chi connectivity index (χ0v) is 33.1. The highest BCUT2D eigenvalue weighted by atomic mass is 17.2. The standard InChI is InChI=1S/C45H58N2O7/c1-8-19-42(10-3)27-43(11-4,28-45(50,40(42)48)41(49)52-6)33-16-17-39(51-5)37(23-33)44(29-54-53-7)24-30-21-31(9-2)38(25-46)47(26-30)20-18-35-34-15-13-12-14-32(34)22-36(35)44/h8,12-17,19,21,23,30,38,40,48,50H,9-11,18,20,22,24,26-29H2,1-7H3/t30-,38?,40?,42-,43-,44-,45?/m1/s1. The van der Waals surface area contributed by atoms with Gasteiger partial charge in [0.05, 0.1) is 34.0 Å². The number of fused-ring (bicyclic) bond motifs is 4. The number of nitriles is 1. The minimum Gasteiger partial charge on any atom is -0.496 e. The van der Waals surface area contributed by atoms with Crippen LogP contribution in [-0.2, 0) is 36.6 Å². The molecular weight excluding hydrogens is 681 g/mol. The van der Waals surface area contributed by atoms with E-state index in [4.69, 9.17) is 19.2 Å². The van der Waals surface area contributed by atoms with Crippen LogP contribution in [0.2, 0.25) is 0 Å². The van der Waals surface area contributed by atoms with Gasteiger partial charge in [-0.25, -0.2) is 14.6 Å². The maximum atomic E-state index is 13.5. The van der Waals surface area contributed by atoms with Gasteiger partial charge in [-0.15, -0.1) is 0 Å². The van der Waals surface area contributed by atoms with Crippen LogP contribution in [0.15, 0.2) is 71.8 Å². The van der Waals surface area contributed by atoms with E-state index in [1.54, 1.807) is 14.2 Å². The summed E-state index contributed by atoms with van der Waals surface area (Å²) in [6.45, 7) is 9.84. The molecule has 2 heterocycles. The van der Waals surface area contributed by atoms with Crippen LogP contribution < -0.4 is 4.74 Å². The minimum absolute atomic E-state index is 0.00783. The van der Waals surface area contributed by atoms with Gasteiger partial charge in [-0.1, -0.05) is 75.4 Å². The zero-order valence-electron chi connectivity index (χ0n) is 33.1. The topological polar surface area (TPSA) is 121 Å². The molecule has 0 aromatic heterocycles. The molecule has 2 aromatic rings. The lowest BCUT2D eigenvalue weighted by Gasteiger charge is -2.55. The van der Waals surface area contributed by atoms with E-state index in [0.29, 0.717) is 31.4 Å². The van der Waals surface area contributed by atoms with E-state index in [-0.39, 0.29) is 25.0 Å². The molecule has 0 radical (unpaired) electrons. The van der Waals surface area contributed by atoms with Gasteiger partial charge in [0, 0.05) is 29.5 Å². The van der Waals surface area contributed by atoms with Crippen molar-refractivity contribution in [1.82, 2.24) is 4.90 Å². The van der Waals surface area contributed by atoms with Gasteiger partial charge < -0.3 is 19.7 Å². The summed E-state index contributed by atoms with van der Waals surface area (Å²) in [5.41, 5.74) is 3.58. The molecule has 2 aliphatic heterocycles. The number of ether oxygens (including phenoxy) is 2. The molecule has 290 valence electrons. The third-order valence-electron chi connectivity index (χ3n) is 13.5. The Morgan fingerprint density at radius 1 is 1.09 bits per heavy atom. The molecule has 1 saturated carbocycles. The predicted octanol–water partition coefficient (Wildman–Crippen LogP) is 7.15. The molecule has 1 fully saturated rings. The number of hydrogen-bond acceptors (Lipinski definition) is 9. The fourth-order valence-corrected chi connectivity index (χ4v) is 10.8. The van der Waals surface area contributed by atoms with Crippen LogP contribution in [0, 0.1) is 22.7 Å². The predicted molar refractivity (Wildman–Crippen MR) is 208 cm³/mol. The molecule has 4 aliphatic rings. The van der Waals surface area contributed by atoms with Gasteiger partial charge in [0.25, 0.3) is 0 Å². The van der Waals surface area contributed by atoms with Crippen LogP contribution in [-0.4, -0.2) is 79.9 Å². The van der Waals surface area contributed by atoms with E-state index in [1.807, 2.05) is 32.1 Å². The smallest absolute Gasteiger partial charge is 0.340 e. The Labute approximate surface area is 321 Å². The van der Waals surface area contributed by atoms with Crippen LogP contribution in [0.3, 0.4) is 0 Å². The van der Waals surface area contributed by atoms with Crippen LogP contribution in [0.4, 0.5) is 0 Å². The number of aliphatic hydroxyl groups excluding tert-OH is 1. The Morgan fingerprint density at radius 2 is 1.87 bits per heavy atom. The Hall–Kier alpha value is -3.78. The molecule has 4 unspecified atom stereocenters. The highest BCUT2D eigenvalue weighted by Crippen LogP contribution is 2.58. The van der Waals surface area contributed by atoms with Crippen molar-refractivity contribution in [1.29, 1.82) is 5.26 Å². The molecule has 0 saturated heterocycles. The van der Waals surface area contributed by atoms with Crippen molar-refractivity contribution in [3.63, 3.8) is 0 Å². The van der Waals surface area contributed by atoms with Crippen molar-refractivity contribution < 1.29 is 34.3 Å². The fourth-order valence-electron chi connectivity index (χ4n) is 10.8. The number of carbonyl (C=O) groups excluding carboxylic acids is 1. The number of methoxy groups -OCH3 is 2. The molecule has 0 amide bonds. The first-order chi connectivity index (χ1) is 26.0. The lowest BCUT2D eigenvalue weighted by Crippen LogP contribution is -2.65. The molecule has 2 aromatic carbocycles. The molecule has 8 atom stereocenters. The lowest BCUT2D eigenvalue weighted by atomic mass is 9.51. The number of aliphatic hydroxyl groups is 2. The molecule has 54 heavy (non-hydrogen) atoms. The number of esters is 1. The number of hydrogen-bond donors (Lipinski definition) is 2. The maximum Gasteiger partial charge on any atom is 0.340 e. The summed E-state index contributed by atoms with van der Waals surface area (Å²) in [6, 6.07) is 17.3. The second kappa shape index (κ2) is 15.8. The summed E-state index contributed by atoms with van der Waals surface area (Å²) in [5.74, 6) is -0.0200. The highest BCUT2D eigenvalue weighted by Gasteiger charge is 2.63. The average molecular weight is 739 g/mol. The molecule has 2 aliphatic carbocycles. The van der Waals surface area contributed by atoms with Crippen molar-refractivity contribution >= 4 is 11.5 Å². The maximum absolute atomic E-state index is 13.5. The van der Waals surface area contributed by atoms with Crippen molar-refractivity contribution in [3.8, 4) is 11.8 Å². The van der Waals surface area contributed by atoms with Crippen LogP contribution >= 0.6 is 0 Å². The van der Waals surface area contributed by atoms with Gasteiger partial charge in [0.1, 0.15) is 17.9 Å². The molecule has 0 spiro atoms. The minimum atomic E-state index is -2.14. The second-order valence-corrected chi connectivity index (χ2v) is 15.9. The Kier molecular flexibility index (Phi) is 11.6. The number of rotatable bonds is 11. The molecule has 6 rings (SSSR count). The van der Waals surface area contributed by atoms with E-state index in [1.165, 1.54) is 29.4 Å². The van der Waals surface area contributed by atoms with E-state index in [2.05, 4.69) is 67.3 Å². The molecule has 2 N–H and O–H groups in total. The van der Waals surface area contributed by atoms with E-state index in [9.17, 15) is 20.3 Å². The van der Waals surface area contributed by atoms with Gasteiger partial charge >= 0.3 is 5.97 Å². The normalized spacial score (nSPS) is 33.5. The average Bonchev–Trinajstić information content (AvgIpc) is 3.59. The van der Waals surface area contributed by atoms with E-state index >= 15 is 0 Å². The van der Waals surface area contributed by atoms with E-state index in [0.717, 1.165) is 49.1 Å². The van der Waals surface area contributed by atoms with Gasteiger partial charge in [0.2, 0.25) is 0 Å². The Balaban J connectivity index is 1.64. The summed E-state index contributed by atoms with van der Waals surface area (Å²) in [4.78, 5) is 27.4. The third-order valence-corrected chi connectivity index (χ3v) is 13.5. The first kappa shape index (κ1) is 39.9. The lowest BCUT2D eigenvalue weighted by molar-refractivity contribution is -0.281. The van der Waals surface area contributed by atoms with Crippen LogP contribution in [0.5, 0.6) is 5.75 Å². The van der Waals surface area contributed by atoms with Crippen molar-refractivity contribution in [2.75, 3.05) is 41.0 Å². The SMILES string of the molecule is CC=C[C@]1(CC)C[C@@](CC)(c2ccc(OC)c([C@@]3(COOC)C[C@H]4C=C(CC)C(C#N)N(CCC5=C3Cc3ccccc35)C4)c2)CC(O)(C(=O)OC)C1O. The number of nitrogens with zero attached hydrogens (tertiary/aromatic N) is 2. The quantitative estimate of drug-likeness (QED) is 0.107. The highest BCUT2D eigenvalue weighted by molar-refractivity contribution is 5.81. The van der Waals surface area contributed by atoms with Crippen molar-refractivity contribution in [2.45, 2.75) is 108 Å². The Morgan fingerprint density at radius 3 is 2.52 bits per heavy atom. The number of carbonyl (C=O) groups is 1. The van der Waals surface area contributed by atoms with Crippen molar-refractivity contribution in [2.24, 2.45) is 11.3 Å². The largest absolute Gasteiger partial charge is 0.496 e. The first-order valence-corrected chi connectivity index (χ1v) is 19.6. The number of benzene rings is 2. The summed E-state index contributed by atoms with van der Waals surface area (Å²) < 4.78 is 11.5. The Bertz CT molecular complexity index is 1860.